The van der Waals surface area contributed by atoms with Gasteiger partial charge in [0.15, 0.2) is 0 Å². The van der Waals surface area contributed by atoms with Crippen molar-refractivity contribution >= 4 is 5.57 Å². The average Bonchev–Trinajstić information content (AvgIpc) is 3.00. The minimum atomic E-state index is 0. The summed E-state index contributed by atoms with van der Waals surface area (Å²) in [5.74, 6) is 0. The fraction of sp³-hybridized carbons (Fsp3) is 0. The van der Waals surface area contributed by atoms with Crippen LogP contribution in [0.3, 0.4) is 0 Å². The Morgan fingerprint density at radius 2 is 0.583 bits per heavy atom. The molecule has 0 unspecified atom stereocenters. The third-order valence-corrected chi connectivity index (χ3v) is 2.37. The predicted octanol–water partition coefficient (Wildman–Crippen LogP) is 3.61. The molecule has 0 amide bonds. The summed E-state index contributed by atoms with van der Waals surface area (Å²) in [5, 5.41) is 0. The second-order valence-corrected chi connectivity index (χ2v) is 3.35. The van der Waals surface area contributed by atoms with Crippen molar-refractivity contribution in [1.29, 1.82) is 0 Å². The zero-order valence-corrected chi connectivity index (χ0v) is 20.9. The van der Waals surface area contributed by atoms with Crippen molar-refractivity contribution in [2.45, 2.75) is 0 Å². The van der Waals surface area contributed by atoms with Crippen LogP contribution in [-0.4, -0.2) is 0 Å². The Hall–Kier alpha value is -2.77. The van der Waals surface area contributed by atoms with E-state index in [0.29, 0.717) is 0 Å². The molecule has 0 saturated carbocycles. The Labute approximate surface area is 241 Å². The standard InChI is InChI=1S/C15H13.9CO.3Co/c1-2-15(13-9-5-3-6-10-13)14-11-7-4-8-12-14;9*1-2;;;/h2-12H,1H2;;;;;;;;;;;;/q-1;;;;;;;;;;;;. The molecule has 0 heterocycles. The van der Waals surface area contributed by atoms with Gasteiger partial charge in [0, 0.05) is 50.3 Å². The van der Waals surface area contributed by atoms with E-state index in [4.69, 9.17) is 41.9 Å². The summed E-state index contributed by atoms with van der Waals surface area (Å²) in [4.78, 5) is 0. The van der Waals surface area contributed by atoms with E-state index < -0.39 is 0 Å². The number of rotatable bonds is 2. The summed E-state index contributed by atoms with van der Waals surface area (Å²) in [5.41, 5.74) is 3.59. The van der Waals surface area contributed by atoms with Crippen LogP contribution in [0.5, 0.6) is 0 Å². The van der Waals surface area contributed by atoms with Crippen molar-refractivity contribution in [3.05, 3.63) is 145 Å². The van der Waals surface area contributed by atoms with Crippen LogP contribution in [0.1, 0.15) is 11.1 Å². The molecule has 2 aromatic rings. The van der Waals surface area contributed by atoms with Crippen molar-refractivity contribution in [3.8, 4) is 0 Å². The molecule has 3 radical (unpaired) electrons. The number of hydrogen-bond donors (Lipinski definition) is 0. The summed E-state index contributed by atoms with van der Waals surface area (Å²) in [6, 6.07) is 20.6. The molecule has 12 heteroatoms. The van der Waals surface area contributed by atoms with Gasteiger partial charge in [-0.2, -0.15) is 5.57 Å². The van der Waals surface area contributed by atoms with Crippen molar-refractivity contribution in [2.75, 3.05) is 0 Å². The molecule has 0 fully saturated rings. The molecule has 9 nitrogen and oxygen atoms in total. The smallest absolute Gasteiger partial charge is 0 e. The summed E-state index contributed by atoms with van der Waals surface area (Å²) in [7, 11) is 0. The molecule has 0 N–H and O–H groups in total. The van der Waals surface area contributed by atoms with Crippen LogP contribution in [0, 0.1) is 66.8 Å². The Kier molecular flexibility index (Phi) is 205. The Balaban J connectivity index is -0.0000000285. The molecule has 0 saturated heterocycles. The van der Waals surface area contributed by atoms with Crippen LogP contribution in [0.25, 0.3) is 5.57 Å². The summed E-state index contributed by atoms with van der Waals surface area (Å²) >= 11 is 0. The van der Waals surface area contributed by atoms with Gasteiger partial charge in [0.05, 0.1) is 0 Å². The predicted molar refractivity (Wildman–Crippen MR) is 101 cm³/mol. The van der Waals surface area contributed by atoms with Gasteiger partial charge in [-0.05, 0) is 0 Å². The Morgan fingerprint density at radius 1 is 0.417 bits per heavy atom. The van der Waals surface area contributed by atoms with E-state index in [0.717, 1.165) is 0 Å². The van der Waals surface area contributed by atoms with Crippen molar-refractivity contribution in [2.24, 2.45) is 0 Å². The van der Waals surface area contributed by atoms with Crippen LogP contribution in [0.2, 0.25) is 0 Å². The van der Waals surface area contributed by atoms with Crippen molar-refractivity contribution < 1.29 is 92.2 Å². The van der Waals surface area contributed by atoms with E-state index in [1.807, 2.05) is 42.5 Å². The van der Waals surface area contributed by atoms with E-state index in [1.54, 1.807) is 0 Å². The summed E-state index contributed by atoms with van der Waals surface area (Å²) < 4.78 is 67.5. The van der Waals surface area contributed by atoms with Crippen molar-refractivity contribution in [3.63, 3.8) is 0 Å². The molecule has 0 aliphatic carbocycles. The molecule has 0 aromatic heterocycles. The van der Waals surface area contributed by atoms with Gasteiger partial charge in [0.25, 0.3) is 0 Å². The minimum Gasteiger partial charge on any atom is -0.244 e. The minimum absolute atomic E-state index is 0. The maximum atomic E-state index is 7.50. The van der Waals surface area contributed by atoms with E-state index in [-0.39, 0.29) is 50.3 Å². The van der Waals surface area contributed by atoms with Crippen molar-refractivity contribution in [1.82, 2.24) is 0 Å². The van der Waals surface area contributed by atoms with E-state index in [2.05, 4.69) is 91.0 Å². The molecule has 0 aliphatic rings. The van der Waals surface area contributed by atoms with E-state index in [9.17, 15) is 0 Å². The van der Waals surface area contributed by atoms with Crippen LogP contribution < -0.4 is 0 Å². The molecule has 0 spiro atoms. The molecule has 2 rings (SSSR count). The van der Waals surface area contributed by atoms with Gasteiger partial charge < -0.3 is 0 Å². The second kappa shape index (κ2) is 106. The average molecular weight is 622 g/mol. The SMILES string of the molecule is [C-]#[O+].[C-]#[O+].[C-]#[O+].[C-]#[O+].[C-]#[O+].[C-]#[O+].[C-]#[O+].[C-]#[O+].[C-]#[O+].[CH2-]C=C(c1ccccc1)c1ccccc1.[Co].[Co].[Co]. The number of hydrogen-bond acceptors (Lipinski definition) is 0. The number of benzene rings is 2. The van der Waals surface area contributed by atoms with Gasteiger partial charge in [-0.1, -0.05) is 71.8 Å². The zero-order valence-electron chi connectivity index (χ0n) is 17.7. The largest absolute Gasteiger partial charge is 0.244 e. The summed E-state index contributed by atoms with van der Waals surface area (Å²) in [6.45, 7) is 44.4. The third-order valence-electron chi connectivity index (χ3n) is 2.37. The van der Waals surface area contributed by atoms with E-state index >= 15 is 0 Å². The molecule has 0 aliphatic heterocycles. The maximum absolute atomic E-state index is 7.50. The van der Waals surface area contributed by atoms with Crippen LogP contribution in [0.15, 0.2) is 66.7 Å². The monoisotopic (exact) mass is 622 g/mol. The second-order valence-electron chi connectivity index (χ2n) is 3.35. The fourth-order valence-corrected chi connectivity index (χ4v) is 1.64. The van der Waals surface area contributed by atoms with Gasteiger partial charge in [-0.25, -0.2) is 13.0 Å². The molecular weight excluding hydrogens is 609 g/mol. The topological polar surface area (TPSA) is 179 Å². The Morgan fingerprint density at radius 3 is 0.722 bits per heavy atom. The first-order valence-electron chi connectivity index (χ1n) is 6.86. The van der Waals surface area contributed by atoms with Gasteiger partial charge >= 0.3 is 102 Å². The van der Waals surface area contributed by atoms with Gasteiger partial charge in [0.1, 0.15) is 0 Å². The molecule has 0 atom stereocenters. The molecular formula is C24H13Co3O9-. The molecule has 2 aromatic carbocycles. The van der Waals surface area contributed by atoms with Gasteiger partial charge in [-0.3, -0.25) is 0 Å². The quantitative estimate of drug-likeness (QED) is 0.351. The first kappa shape index (κ1) is 69.9. The van der Waals surface area contributed by atoms with Gasteiger partial charge in [0.2, 0.25) is 0 Å². The fourth-order valence-electron chi connectivity index (χ4n) is 1.64. The molecule has 0 bridgehead atoms. The maximum Gasteiger partial charge on any atom is 0 e. The van der Waals surface area contributed by atoms with Gasteiger partial charge in [-0.15, -0.1) is 0 Å². The normalized spacial score (nSPS) is 4.50. The third kappa shape index (κ3) is 52.9. The number of allylic oxidation sites excluding steroid dienone is 1. The Bertz CT molecular complexity index is 706. The first-order chi connectivity index (χ1) is 16.4. The molecule has 191 valence electrons. The van der Waals surface area contributed by atoms with Crippen LogP contribution >= 0.6 is 0 Å². The zero-order chi connectivity index (χ0) is 28.5. The van der Waals surface area contributed by atoms with E-state index in [1.165, 1.54) is 16.7 Å². The summed E-state index contributed by atoms with van der Waals surface area (Å²) in [6.07, 6.45) is 1.91. The first-order valence-corrected chi connectivity index (χ1v) is 6.86. The van der Waals surface area contributed by atoms with Crippen LogP contribution in [-0.2, 0) is 92.2 Å². The molecule has 36 heavy (non-hydrogen) atoms. The van der Waals surface area contributed by atoms with Crippen LogP contribution in [0.4, 0.5) is 0 Å².